The lowest BCUT2D eigenvalue weighted by molar-refractivity contribution is 0.0252. The molecule has 0 spiro atoms. The molecular formula is C17H27N3O. The number of carbonyl (C=O) groups excluding carboxylic acids is 1. The number of amides is 1. The van der Waals surface area contributed by atoms with Gasteiger partial charge in [-0.1, -0.05) is 0 Å². The number of carbonyl (C=O) groups is 1. The van der Waals surface area contributed by atoms with Gasteiger partial charge < -0.3 is 15.1 Å². The second-order valence-corrected chi connectivity index (χ2v) is 6.41. The maximum atomic E-state index is 12.6. The predicted molar refractivity (Wildman–Crippen MR) is 88.0 cm³/mol. The number of benzene rings is 1. The number of aryl methyl sites for hydroxylation is 1. The third-order valence-electron chi connectivity index (χ3n) is 4.85. The highest BCUT2D eigenvalue weighted by Gasteiger charge is 2.40. The molecule has 1 aromatic rings. The second-order valence-electron chi connectivity index (χ2n) is 6.41. The lowest BCUT2D eigenvalue weighted by Gasteiger charge is -2.49. The quantitative estimate of drug-likeness (QED) is 0.905. The molecule has 1 N–H and O–H groups in total. The molecule has 0 atom stereocenters. The van der Waals surface area contributed by atoms with Crippen molar-refractivity contribution >= 4 is 11.6 Å². The zero-order valence-electron chi connectivity index (χ0n) is 13.9. The first kappa shape index (κ1) is 15.8. The molecule has 1 aliphatic rings. The zero-order valence-corrected chi connectivity index (χ0v) is 13.9. The molecule has 116 valence electrons. The van der Waals surface area contributed by atoms with Crippen LogP contribution >= 0.6 is 0 Å². The highest BCUT2D eigenvalue weighted by atomic mass is 16.2. The fourth-order valence-electron chi connectivity index (χ4n) is 3.14. The number of nitrogens with one attached hydrogen (secondary N) is 1. The van der Waals surface area contributed by atoms with E-state index in [9.17, 15) is 4.79 Å². The highest BCUT2D eigenvalue weighted by Crippen LogP contribution is 2.36. The van der Waals surface area contributed by atoms with Crippen LogP contribution in [0.15, 0.2) is 18.2 Å². The van der Waals surface area contributed by atoms with Crippen molar-refractivity contribution in [3.05, 3.63) is 29.3 Å². The SMILES string of the molecule is CNc1ccc(C(=O)N(C)CC2(N(C)C)CCC2)cc1C. The molecule has 0 heterocycles. The van der Waals surface area contributed by atoms with Gasteiger partial charge in [0, 0.05) is 37.4 Å². The van der Waals surface area contributed by atoms with E-state index in [1.807, 2.05) is 44.1 Å². The molecule has 0 saturated heterocycles. The Kier molecular flexibility index (Phi) is 4.57. The molecule has 2 rings (SSSR count). The standard InChI is InChI=1S/C17H27N3O/c1-13-11-14(7-8-15(13)18-2)16(21)20(5)12-17(19(3)4)9-6-10-17/h7-8,11,18H,6,9-10,12H2,1-5H3. The molecular weight excluding hydrogens is 262 g/mol. The minimum Gasteiger partial charge on any atom is -0.388 e. The zero-order chi connectivity index (χ0) is 15.6. The van der Waals surface area contributed by atoms with Crippen LogP contribution in [0.25, 0.3) is 0 Å². The largest absolute Gasteiger partial charge is 0.388 e. The van der Waals surface area contributed by atoms with Gasteiger partial charge in [0.2, 0.25) is 0 Å². The first-order valence-electron chi connectivity index (χ1n) is 7.61. The van der Waals surface area contributed by atoms with Gasteiger partial charge in [0.05, 0.1) is 0 Å². The van der Waals surface area contributed by atoms with Gasteiger partial charge in [-0.2, -0.15) is 0 Å². The number of anilines is 1. The van der Waals surface area contributed by atoms with Gasteiger partial charge in [-0.05, 0) is 64.0 Å². The van der Waals surface area contributed by atoms with Crippen molar-refractivity contribution in [2.75, 3.05) is 40.1 Å². The topological polar surface area (TPSA) is 35.6 Å². The van der Waals surface area contributed by atoms with E-state index in [2.05, 4.69) is 24.3 Å². The molecule has 21 heavy (non-hydrogen) atoms. The summed E-state index contributed by atoms with van der Waals surface area (Å²) in [6.45, 7) is 2.82. The van der Waals surface area contributed by atoms with Gasteiger partial charge in [-0.15, -0.1) is 0 Å². The first-order valence-corrected chi connectivity index (χ1v) is 7.61. The third-order valence-corrected chi connectivity index (χ3v) is 4.85. The first-order chi connectivity index (χ1) is 9.89. The van der Waals surface area contributed by atoms with Crippen molar-refractivity contribution in [1.82, 2.24) is 9.80 Å². The van der Waals surface area contributed by atoms with Crippen molar-refractivity contribution < 1.29 is 4.79 Å². The molecule has 0 radical (unpaired) electrons. The van der Waals surface area contributed by atoms with E-state index < -0.39 is 0 Å². The summed E-state index contributed by atoms with van der Waals surface area (Å²) < 4.78 is 0. The summed E-state index contributed by atoms with van der Waals surface area (Å²) in [7, 11) is 8.03. The fraction of sp³-hybridized carbons (Fsp3) is 0.588. The van der Waals surface area contributed by atoms with Crippen LogP contribution in [-0.2, 0) is 0 Å². The summed E-state index contributed by atoms with van der Waals surface area (Å²) in [5.74, 6) is 0.105. The van der Waals surface area contributed by atoms with Crippen LogP contribution in [0.3, 0.4) is 0 Å². The Labute approximate surface area is 128 Å². The van der Waals surface area contributed by atoms with Crippen molar-refractivity contribution in [3.8, 4) is 0 Å². The normalized spacial score (nSPS) is 16.5. The summed E-state index contributed by atoms with van der Waals surface area (Å²) >= 11 is 0. The van der Waals surface area contributed by atoms with Crippen molar-refractivity contribution in [3.63, 3.8) is 0 Å². The molecule has 0 bridgehead atoms. The maximum Gasteiger partial charge on any atom is 0.253 e. The van der Waals surface area contributed by atoms with E-state index in [0.717, 1.165) is 23.4 Å². The summed E-state index contributed by atoms with van der Waals surface area (Å²) in [6.07, 6.45) is 3.61. The molecule has 1 amide bonds. The van der Waals surface area contributed by atoms with Gasteiger partial charge in [-0.25, -0.2) is 0 Å². The fourth-order valence-corrected chi connectivity index (χ4v) is 3.14. The van der Waals surface area contributed by atoms with Crippen LogP contribution in [0.1, 0.15) is 35.2 Å². The van der Waals surface area contributed by atoms with E-state index in [4.69, 9.17) is 0 Å². The number of nitrogens with zero attached hydrogens (tertiary/aromatic N) is 2. The van der Waals surface area contributed by atoms with Crippen LogP contribution in [0, 0.1) is 6.92 Å². The minimum atomic E-state index is 0.105. The minimum absolute atomic E-state index is 0.105. The van der Waals surface area contributed by atoms with Crippen molar-refractivity contribution in [1.29, 1.82) is 0 Å². The van der Waals surface area contributed by atoms with E-state index in [1.54, 1.807) is 0 Å². The van der Waals surface area contributed by atoms with Gasteiger partial charge >= 0.3 is 0 Å². The highest BCUT2D eigenvalue weighted by molar-refractivity contribution is 5.94. The number of hydrogen-bond donors (Lipinski definition) is 1. The molecule has 0 aliphatic heterocycles. The van der Waals surface area contributed by atoms with E-state index in [0.29, 0.717) is 0 Å². The van der Waals surface area contributed by atoms with Crippen LogP contribution in [-0.4, -0.2) is 56.0 Å². The summed E-state index contributed by atoms with van der Waals surface area (Å²) in [6, 6.07) is 5.84. The van der Waals surface area contributed by atoms with Crippen molar-refractivity contribution in [2.45, 2.75) is 31.7 Å². The predicted octanol–water partition coefficient (Wildman–Crippen LogP) is 2.59. The molecule has 1 saturated carbocycles. The lowest BCUT2D eigenvalue weighted by atomic mass is 9.75. The number of likely N-dealkylation sites (N-methyl/N-ethyl adjacent to an activating group) is 2. The van der Waals surface area contributed by atoms with Crippen LogP contribution in [0.2, 0.25) is 0 Å². The molecule has 1 aliphatic carbocycles. The molecule has 4 heteroatoms. The Bertz CT molecular complexity index is 521. The van der Waals surface area contributed by atoms with Gasteiger partial charge in [0.25, 0.3) is 5.91 Å². The molecule has 1 aromatic carbocycles. The average Bonchev–Trinajstić information content (AvgIpc) is 2.41. The summed E-state index contributed by atoms with van der Waals surface area (Å²) in [5, 5.41) is 3.13. The Balaban J connectivity index is 2.10. The molecule has 1 fully saturated rings. The molecule has 0 aromatic heterocycles. The van der Waals surface area contributed by atoms with Crippen molar-refractivity contribution in [2.24, 2.45) is 0 Å². The lowest BCUT2D eigenvalue weighted by Crippen LogP contribution is -2.57. The maximum absolute atomic E-state index is 12.6. The number of hydrogen-bond acceptors (Lipinski definition) is 3. The van der Waals surface area contributed by atoms with Crippen LogP contribution < -0.4 is 5.32 Å². The average molecular weight is 289 g/mol. The number of rotatable bonds is 5. The third kappa shape index (κ3) is 3.05. The Morgan fingerprint density at radius 3 is 2.38 bits per heavy atom. The smallest absolute Gasteiger partial charge is 0.253 e. The van der Waals surface area contributed by atoms with Crippen LogP contribution in [0.4, 0.5) is 5.69 Å². The Morgan fingerprint density at radius 1 is 1.29 bits per heavy atom. The van der Waals surface area contributed by atoms with E-state index >= 15 is 0 Å². The molecule has 0 unspecified atom stereocenters. The Hall–Kier alpha value is -1.55. The van der Waals surface area contributed by atoms with E-state index in [-0.39, 0.29) is 11.4 Å². The van der Waals surface area contributed by atoms with Crippen LogP contribution in [0.5, 0.6) is 0 Å². The van der Waals surface area contributed by atoms with Gasteiger partial charge in [0.1, 0.15) is 0 Å². The van der Waals surface area contributed by atoms with Gasteiger partial charge in [0.15, 0.2) is 0 Å². The summed E-state index contributed by atoms with van der Waals surface area (Å²) in [5.41, 5.74) is 3.10. The summed E-state index contributed by atoms with van der Waals surface area (Å²) in [4.78, 5) is 16.8. The Morgan fingerprint density at radius 2 is 1.95 bits per heavy atom. The second kappa shape index (κ2) is 6.06. The van der Waals surface area contributed by atoms with Gasteiger partial charge in [-0.3, -0.25) is 4.79 Å². The molecule has 4 nitrogen and oxygen atoms in total. The van der Waals surface area contributed by atoms with E-state index in [1.165, 1.54) is 19.3 Å². The monoisotopic (exact) mass is 289 g/mol.